The van der Waals surface area contributed by atoms with Gasteiger partial charge >= 0.3 is 0 Å². The number of amides is 1. The Bertz CT molecular complexity index is 463. The fourth-order valence-electron chi connectivity index (χ4n) is 1.18. The number of amidine groups is 1. The zero-order chi connectivity index (χ0) is 10.8. The van der Waals surface area contributed by atoms with E-state index < -0.39 is 0 Å². The summed E-state index contributed by atoms with van der Waals surface area (Å²) >= 11 is 3.93. The summed E-state index contributed by atoms with van der Waals surface area (Å²) in [4.78, 5) is 15.2. The lowest BCUT2D eigenvalue weighted by molar-refractivity contribution is -0.115. The van der Waals surface area contributed by atoms with Crippen LogP contribution in [0.5, 0.6) is 5.75 Å². The van der Waals surface area contributed by atoms with Gasteiger partial charge in [0.15, 0.2) is 5.17 Å². The smallest absolute Gasteiger partial charge is 0.275 e. The largest absolute Gasteiger partial charge is 0.508 e. The van der Waals surface area contributed by atoms with Crippen LogP contribution in [0.15, 0.2) is 35.0 Å². The number of thiol groups is 1. The van der Waals surface area contributed by atoms with Crippen molar-refractivity contribution in [3.8, 4) is 5.75 Å². The van der Waals surface area contributed by atoms with E-state index in [2.05, 4.69) is 22.9 Å². The Morgan fingerprint density at radius 2 is 2.00 bits per heavy atom. The molecule has 0 aromatic heterocycles. The minimum atomic E-state index is -0.270. The molecule has 15 heavy (non-hydrogen) atoms. The van der Waals surface area contributed by atoms with E-state index in [1.807, 2.05) is 0 Å². The van der Waals surface area contributed by atoms with E-state index in [0.717, 1.165) is 5.56 Å². The molecule has 0 unspecified atom stereocenters. The number of aromatic hydroxyl groups is 1. The summed E-state index contributed by atoms with van der Waals surface area (Å²) in [6.07, 6.45) is 1.62. The molecule has 0 fully saturated rings. The maximum absolute atomic E-state index is 11.3. The maximum Gasteiger partial charge on any atom is 0.275 e. The highest BCUT2D eigenvalue weighted by atomic mass is 32.1. The molecule has 0 atom stereocenters. The lowest BCUT2D eigenvalue weighted by Crippen LogP contribution is -2.19. The van der Waals surface area contributed by atoms with Gasteiger partial charge in [0.25, 0.3) is 5.91 Å². The van der Waals surface area contributed by atoms with Crippen LogP contribution in [-0.4, -0.2) is 16.2 Å². The van der Waals surface area contributed by atoms with Crippen LogP contribution in [0.2, 0.25) is 0 Å². The molecule has 76 valence electrons. The van der Waals surface area contributed by atoms with E-state index in [-0.39, 0.29) is 11.7 Å². The van der Waals surface area contributed by atoms with Gasteiger partial charge in [0.1, 0.15) is 11.4 Å². The molecule has 1 aromatic carbocycles. The topological polar surface area (TPSA) is 61.7 Å². The number of nitrogens with zero attached hydrogens (tertiary/aromatic N) is 1. The summed E-state index contributed by atoms with van der Waals surface area (Å²) in [7, 11) is 0. The zero-order valence-electron chi connectivity index (χ0n) is 7.64. The first kappa shape index (κ1) is 9.79. The Morgan fingerprint density at radius 3 is 2.53 bits per heavy atom. The Morgan fingerprint density at radius 1 is 1.33 bits per heavy atom. The number of carbonyl (C=O) groups is 1. The first-order valence-corrected chi connectivity index (χ1v) is 4.69. The second-order valence-corrected chi connectivity index (χ2v) is 3.43. The number of hydrogen-bond donors (Lipinski definition) is 3. The quantitative estimate of drug-likeness (QED) is 0.491. The fourth-order valence-corrected chi connectivity index (χ4v) is 1.39. The van der Waals surface area contributed by atoms with Crippen LogP contribution in [0.3, 0.4) is 0 Å². The van der Waals surface area contributed by atoms with Crippen LogP contribution in [0.25, 0.3) is 6.08 Å². The summed E-state index contributed by atoms with van der Waals surface area (Å²) in [5.74, 6) is -0.0838. The molecular formula is C10H8N2O2S. The number of phenolic OH excluding ortho intramolecular Hbond substituents is 1. The lowest BCUT2D eigenvalue weighted by atomic mass is 10.2. The minimum Gasteiger partial charge on any atom is -0.508 e. The highest BCUT2D eigenvalue weighted by molar-refractivity contribution is 7.97. The van der Waals surface area contributed by atoms with Crippen molar-refractivity contribution in [2.75, 3.05) is 0 Å². The van der Waals surface area contributed by atoms with Gasteiger partial charge in [-0.2, -0.15) is 0 Å². The molecule has 0 radical (unpaired) electrons. The Labute approximate surface area is 91.8 Å². The third-order valence-electron chi connectivity index (χ3n) is 1.88. The van der Waals surface area contributed by atoms with Crippen molar-refractivity contribution in [1.29, 1.82) is 0 Å². The zero-order valence-corrected chi connectivity index (χ0v) is 8.53. The Hall–Kier alpha value is -1.75. The summed E-state index contributed by atoms with van der Waals surface area (Å²) < 4.78 is 0. The SMILES string of the molecule is O=C1NC(S)=N/C1=C\c1ccc(O)cc1. The number of aliphatic imine (C=N–C) groups is 1. The molecule has 1 aromatic rings. The highest BCUT2D eigenvalue weighted by Gasteiger charge is 2.16. The molecule has 1 aliphatic rings. The van der Waals surface area contributed by atoms with Gasteiger partial charge in [0.2, 0.25) is 0 Å². The van der Waals surface area contributed by atoms with Gasteiger partial charge in [-0.05, 0) is 23.8 Å². The average Bonchev–Trinajstić information content (AvgIpc) is 2.49. The molecule has 0 aliphatic carbocycles. The van der Waals surface area contributed by atoms with E-state index in [1.54, 1.807) is 30.3 Å². The maximum atomic E-state index is 11.3. The monoisotopic (exact) mass is 220 g/mol. The molecule has 1 heterocycles. The number of nitrogens with one attached hydrogen (secondary N) is 1. The van der Waals surface area contributed by atoms with Crippen molar-refractivity contribution in [3.63, 3.8) is 0 Å². The first-order chi connectivity index (χ1) is 7.15. The minimum absolute atomic E-state index is 0.186. The third kappa shape index (κ3) is 2.19. The van der Waals surface area contributed by atoms with Crippen molar-refractivity contribution in [2.45, 2.75) is 0 Å². The van der Waals surface area contributed by atoms with Gasteiger partial charge in [0, 0.05) is 0 Å². The van der Waals surface area contributed by atoms with Crippen LogP contribution in [0, 0.1) is 0 Å². The van der Waals surface area contributed by atoms with Gasteiger partial charge in [-0.15, -0.1) is 12.6 Å². The molecule has 0 spiro atoms. The summed E-state index contributed by atoms with van der Waals surface area (Å²) in [6, 6.07) is 6.48. The molecule has 2 N–H and O–H groups in total. The lowest BCUT2D eigenvalue weighted by Gasteiger charge is -1.95. The number of phenols is 1. The Kier molecular flexibility index (Phi) is 2.47. The normalized spacial score (nSPS) is 17.8. The molecule has 1 amide bonds. The van der Waals surface area contributed by atoms with E-state index in [4.69, 9.17) is 5.11 Å². The predicted octanol–water partition coefficient (Wildman–Crippen LogP) is 1.15. The van der Waals surface area contributed by atoms with Crippen LogP contribution >= 0.6 is 12.6 Å². The van der Waals surface area contributed by atoms with Gasteiger partial charge in [-0.25, -0.2) is 4.99 Å². The van der Waals surface area contributed by atoms with Gasteiger partial charge in [-0.1, -0.05) is 12.1 Å². The van der Waals surface area contributed by atoms with Crippen molar-refractivity contribution in [1.82, 2.24) is 5.32 Å². The highest BCUT2D eigenvalue weighted by Crippen LogP contribution is 2.15. The van der Waals surface area contributed by atoms with E-state index in [1.165, 1.54) is 0 Å². The molecule has 0 saturated heterocycles. The van der Waals surface area contributed by atoms with Crippen molar-refractivity contribution in [2.24, 2.45) is 4.99 Å². The fraction of sp³-hybridized carbons (Fsp3) is 0. The molecule has 5 heteroatoms. The molecule has 0 saturated carbocycles. The standard InChI is InChI=1S/C10H8N2O2S/c13-7-3-1-6(2-4-7)5-8-9(14)12-10(15)11-8/h1-5,13H,(H2,11,12,14,15)/b8-5-. The van der Waals surface area contributed by atoms with E-state index in [9.17, 15) is 4.79 Å². The summed E-state index contributed by atoms with van der Waals surface area (Å²) in [5, 5.41) is 11.8. The predicted molar refractivity (Wildman–Crippen MR) is 60.6 cm³/mol. The van der Waals surface area contributed by atoms with Crippen molar-refractivity contribution < 1.29 is 9.90 Å². The van der Waals surface area contributed by atoms with Crippen LogP contribution in [0.1, 0.15) is 5.56 Å². The number of hydrogen-bond acceptors (Lipinski definition) is 3. The molecule has 0 bridgehead atoms. The molecule has 4 nitrogen and oxygen atoms in total. The van der Waals surface area contributed by atoms with Crippen molar-refractivity contribution in [3.05, 3.63) is 35.5 Å². The van der Waals surface area contributed by atoms with E-state index >= 15 is 0 Å². The molecule has 1 aliphatic heterocycles. The van der Waals surface area contributed by atoms with Crippen LogP contribution in [0.4, 0.5) is 0 Å². The second-order valence-electron chi connectivity index (χ2n) is 3.01. The van der Waals surface area contributed by atoms with Gasteiger partial charge in [-0.3, -0.25) is 10.1 Å². The Balaban J connectivity index is 2.31. The summed E-state index contributed by atoms with van der Waals surface area (Å²) in [5.41, 5.74) is 1.11. The van der Waals surface area contributed by atoms with Crippen molar-refractivity contribution >= 4 is 29.8 Å². The van der Waals surface area contributed by atoms with Crippen LogP contribution in [-0.2, 0) is 4.79 Å². The number of benzene rings is 1. The molecular weight excluding hydrogens is 212 g/mol. The second kappa shape index (κ2) is 3.78. The van der Waals surface area contributed by atoms with E-state index in [0.29, 0.717) is 10.9 Å². The third-order valence-corrected chi connectivity index (χ3v) is 2.09. The average molecular weight is 220 g/mol. The molecule has 2 rings (SSSR count). The van der Waals surface area contributed by atoms with Gasteiger partial charge < -0.3 is 5.11 Å². The van der Waals surface area contributed by atoms with Gasteiger partial charge in [0.05, 0.1) is 0 Å². The number of rotatable bonds is 1. The summed E-state index contributed by atoms with van der Waals surface area (Å²) in [6.45, 7) is 0. The van der Waals surface area contributed by atoms with Crippen LogP contribution < -0.4 is 5.32 Å². The number of carbonyl (C=O) groups excluding carboxylic acids is 1. The first-order valence-electron chi connectivity index (χ1n) is 4.25.